The van der Waals surface area contributed by atoms with Gasteiger partial charge in [-0.15, -0.1) is 10.2 Å². The number of carboxylic acids is 1. The molecular weight excluding hydrogens is 372 g/mol. The molecule has 0 saturated carbocycles. The zero-order valence-electron chi connectivity index (χ0n) is 15.7. The average Bonchev–Trinajstić information content (AvgIpc) is 3.18. The number of nitrogens with one attached hydrogen (secondary N) is 2. The fraction of sp³-hybridized carbons (Fsp3) is 0.150. The number of carbonyl (C=O) groups is 1. The summed E-state index contributed by atoms with van der Waals surface area (Å²) >= 11 is 0. The average molecular weight is 390 g/mol. The number of anilines is 2. The summed E-state index contributed by atoms with van der Waals surface area (Å²) in [6.45, 7) is 4.06. The van der Waals surface area contributed by atoms with Gasteiger partial charge in [0.25, 0.3) is 0 Å². The van der Waals surface area contributed by atoms with Gasteiger partial charge in [0.1, 0.15) is 23.5 Å². The van der Waals surface area contributed by atoms with Crippen molar-refractivity contribution in [3.05, 3.63) is 64.7 Å². The molecule has 4 aromatic rings. The van der Waals surface area contributed by atoms with Crippen LogP contribution >= 0.6 is 0 Å². The van der Waals surface area contributed by atoms with E-state index < -0.39 is 11.4 Å². The molecule has 3 aromatic heterocycles. The summed E-state index contributed by atoms with van der Waals surface area (Å²) in [7, 11) is 0. The number of rotatable bonds is 5. The highest BCUT2D eigenvalue weighted by Gasteiger charge is 2.14. The number of carboxylic acid groups (broad SMARTS) is 1. The van der Waals surface area contributed by atoms with Crippen LogP contribution in [0.4, 0.5) is 11.5 Å². The van der Waals surface area contributed by atoms with Crippen LogP contribution in [0.5, 0.6) is 0 Å². The summed E-state index contributed by atoms with van der Waals surface area (Å²) in [6.07, 6.45) is 1.66. The minimum Gasteiger partial charge on any atom is -0.477 e. The Bertz CT molecular complexity index is 1270. The van der Waals surface area contributed by atoms with E-state index in [1.165, 1.54) is 0 Å². The Hall–Kier alpha value is -4.01. The zero-order chi connectivity index (χ0) is 20.5. The zero-order valence-corrected chi connectivity index (χ0v) is 15.7. The first-order valence-corrected chi connectivity index (χ1v) is 8.97. The van der Waals surface area contributed by atoms with Gasteiger partial charge in [-0.2, -0.15) is 0 Å². The van der Waals surface area contributed by atoms with Gasteiger partial charge in [0.15, 0.2) is 11.3 Å². The van der Waals surface area contributed by atoms with Gasteiger partial charge in [0, 0.05) is 12.1 Å². The van der Waals surface area contributed by atoms with Crippen LogP contribution in [-0.2, 0) is 0 Å². The summed E-state index contributed by atoms with van der Waals surface area (Å²) in [6, 6.07) is 11.8. The maximum atomic E-state index is 12.5. The van der Waals surface area contributed by atoms with Gasteiger partial charge >= 0.3 is 5.97 Å². The highest BCUT2D eigenvalue weighted by Crippen LogP contribution is 2.25. The molecule has 0 bridgehead atoms. The third-order valence-corrected chi connectivity index (χ3v) is 4.46. The molecule has 9 heteroatoms. The quantitative estimate of drug-likeness (QED) is 0.478. The first kappa shape index (κ1) is 18.4. The lowest BCUT2D eigenvalue weighted by molar-refractivity contribution is 0.0691. The molecule has 3 N–H and O–H groups in total. The number of nitrogens with zero attached hydrogens (tertiary/aromatic N) is 4. The topological polar surface area (TPSA) is 126 Å². The summed E-state index contributed by atoms with van der Waals surface area (Å²) in [5, 5.41) is 20.8. The van der Waals surface area contributed by atoms with Gasteiger partial charge in [-0.25, -0.2) is 9.78 Å². The molecule has 0 atom stereocenters. The normalized spacial score (nSPS) is 11.1. The lowest BCUT2D eigenvalue weighted by atomic mass is 10.1. The van der Waals surface area contributed by atoms with E-state index in [2.05, 4.69) is 25.5 Å². The first-order chi connectivity index (χ1) is 13.9. The number of aromatic nitrogens is 5. The summed E-state index contributed by atoms with van der Waals surface area (Å²) in [5.74, 6) is -0.0217. The van der Waals surface area contributed by atoms with Crippen LogP contribution in [0.15, 0.2) is 53.6 Å². The van der Waals surface area contributed by atoms with Crippen molar-refractivity contribution in [3.8, 4) is 11.5 Å². The van der Waals surface area contributed by atoms with Crippen LogP contribution in [-0.4, -0.2) is 35.8 Å². The van der Waals surface area contributed by atoms with Crippen molar-refractivity contribution in [2.24, 2.45) is 0 Å². The second-order valence-electron chi connectivity index (χ2n) is 6.77. The molecular formula is C20H18N6O3. The minimum absolute atomic E-state index is 0.159. The number of benzene rings is 1. The van der Waals surface area contributed by atoms with Gasteiger partial charge in [-0.1, -0.05) is 12.1 Å². The number of H-pyrrole nitrogens is 1. The van der Waals surface area contributed by atoms with E-state index in [9.17, 15) is 9.59 Å². The fourth-order valence-corrected chi connectivity index (χ4v) is 3.10. The van der Waals surface area contributed by atoms with Crippen LogP contribution in [0.3, 0.4) is 0 Å². The first-order valence-electron chi connectivity index (χ1n) is 8.97. The van der Waals surface area contributed by atoms with Crippen LogP contribution in [0, 0.1) is 0 Å². The number of hydrogen-bond donors (Lipinski definition) is 3. The lowest BCUT2D eigenvalue weighted by Crippen LogP contribution is -2.11. The highest BCUT2D eigenvalue weighted by molar-refractivity contribution is 5.96. The van der Waals surface area contributed by atoms with Crippen molar-refractivity contribution in [3.63, 3.8) is 0 Å². The van der Waals surface area contributed by atoms with E-state index in [1.54, 1.807) is 30.6 Å². The Morgan fingerprint density at radius 3 is 2.76 bits per heavy atom. The summed E-state index contributed by atoms with van der Waals surface area (Å²) < 4.78 is 1.92. The predicted molar refractivity (Wildman–Crippen MR) is 108 cm³/mol. The summed E-state index contributed by atoms with van der Waals surface area (Å²) in [4.78, 5) is 31.1. The van der Waals surface area contributed by atoms with Crippen molar-refractivity contribution in [1.29, 1.82) is 0 Å². The molecule has 0 saturated heterocycles. The maximum absolute atomic E-state index is 12.5. The molecule has 0 aliphatic heterocycles. The molecule has 0 unspecified atom stereocenters. The van der Waals surface area contributed by atoms with Crippen LogP contribution in [0.25, 0.3) is 22.4 Å². The monoisotopic (exact) mass is 390 g/mol. The Kier molecular flexibility index (Phi) is 4.55. The number of aromatic amines is 1. The van der Waals surface area contributed by atoms with Gasteiger partial charge in [0.2, 0.25) is 0 Å². The smallest absolute Gasteiger partial charge is 0.352 e. The van der Waals surface area contributed by atoms with Crippen molar-refractivity contribution in [2.75, 3.05) is 5.32 Å². The number of pyridine rings is 2. The number of hydrogen-bond acceptors (Lipinski definition) is 6. The largest absolute Gasteiger partial charge is 0.477 e. The Balaban J connectivity index is 1.75. The second-order valence-corrected chi connectivity index (χ2v) is 6.77. The molecule has 146 valence electrons. The van der Waals surface area contributed by atoms with Gasteiger partial charge in [-0.05, 0) is 38.1 Å². The SMILES string of the molecule is CC(C)n1cnnc1-c1cccc(Nc2cccc3[nH]c(C(=O)O)cc(=O)c23)n1. The van der Waals surface area contributed by atoms with Gasteiger partial charge in [0.05, 0.1) is 16.6 Å². The van der Waals surface area contributed by atoms with E-state index >= 15 is 0 Å². The predicted octanol–water partition coefficient (Wildman–Crippen LogP) is 3.20. The molecule has 9 nitrogen and oxygen atoms in total. The molecule has 0 aliphatic rings. The molecule has 4 rings (SSSR count). The Labute approximate surface area is 165 Å². The molecule has 1 aromatic carbocycles. The molecule has 0 fully saturated rings. The Morgan fingerprint density at radius 2 is 2.00 bits per heavy atom. The van der Waals surface area contributed by atoms with Crippen molar-refractivity contribution >= 4 is 28.4 Å². The van der Waals surface area contributed by atoms with Crippen LogP contribution in [0.2, 0.25) is 0 Å². The summed E-state index contributed by atoms with van der Waals surface area (Å²) in [5.41, 5.74) is 1.04. The van der Waals surface area contributed by atoms with E-state index in [1.807, 2.05) is 30.5 Å². The van der Waals surface area contributed by atoms with E-state index in [0.29, 0.717) is 33.9 Å². The van der Waals surface area contributed by atoms with Crippen LogP contribution in [0.1, 0.15) is 30.4 Å². The van der Waals surface area contributed by atoms with Gasteiger partial charge < -0.3 is 20.0 Å². The standard InChI is InChI=1S/C20H18N6O3/c1-11(2)26-10-21-25-19(26)14-7-4-8-17(24-14)23-13-6-3-5-12-18(13)16(27)9-15(22-12)20(28)29/h3-11H,1-2H3,(H,22,27)(H,23,24)(H,28,29). The second kappa shape index (κ2) is 7.19. The third-order valence-electron chi connectivity index (χ3n) is 4.46. The maximum Gasteiger partial charge on any atom is 0.352 e. The van der Waals surface area contributed by atoms with Gasteiger partial charge in [-0.3, -0.25) is 4.79 Å². The van der Waals surface area contributed by atoms with Crippen molar-refractivity contribution in [1.82, 2.24) is 24.7 Å². The fourth-order valence-electron chi connectivity index (χ4n) is 3.10. The molecule has 0 amide bonds. The highest BCUT2D eigenvalue weighted by atomic mass is 16.4. The number of fused-ring (bicyclic) bond motifs is 1. The van der Waals surface area contributed by atoms with Crippen molar-refractivity contribution in [2.45, 2.75) is 19.9 Å². The molecule has 29 heavy (non-hydrogen) atoms. The van der Waals surface area contributed by atoms with Crippen molar-refractivity contribution < 1.29 is 9.90 Å². The molecule has 0 aliphatic carbocycles. The Morgan fingerprint density at radius 1 is 1.21 bits per heavy atom. The van der Waals surface area contributed by atoms with E-state index in [-0.39, 0.29) is 11.7 Å². The van der Waals surface area contributed by atoms with E-state index in [0.717, 1.165) is 6.07 Å². The minimum atomic E-state index is -1.19. The third kappa shape index (κ3) is 3.45. The lowest BCUT2D eigenvalue weighted by Gasteiger charge is -2.12. The van der Waals surface area contributed by atoms with Crippen LogP contribution < -0.4 is 10.7 Å². The molecule has 0 radical (unpaired) electrons. The molecule has 3 heterocycles. The number of aromatic carboxylic acids is 1. The van der Waals surface area contributed by atoms with E-state index in [4.69, 9.17) is 5.11 Å². The molecule has 0 spiro atoms.